The highest BCUT2D eigenvalue weighted by atomic mass is 31.1. The van der Waals surface area contributed by atoms with E-state index < -0.39 is 15.8 Å². The number of benzene rings is 6. The summed E-state index contributed by atoms with van der Waals surface area (Å²) in [4.78, 5) is 0. The van der Waals surface area contributed by atoms with E-state index in [9.17, 15) is 0 Å². The van der Waals surface area contributed by atoms with Gasteiger partial charge in [0, 0.05) is 14.2 Å². The first-order valence-corrected chi connectivity index (χ1v) is 23.6. The molecule has 6 aromatic rings. The molecule has 6 aromatic carbocycles. The maximum atomic E-state index is 5.90. The van der Waals surface area contributed by atoms with Gasteiger partial charge in [-0.05, 0) is 144 Å². The Bertz CT molecular complexity index is 2380. The summed E-state index contributed by atoms with van der Waals surface area (Å²) in [5.41, 5.74) is 14.6. The fraction of sp³-hybridized carbons (Fsp3) is 0.259. The lowest BCUT2D eigenvalue weighted by Crippen LogP contribution is -2.26. The molecule has 10 rings (SSSR count). The van der Waals surface area contributed by atoms with Crippen LogP contribution < -0.4 is 31.8 Å². The third-order valence-corrected chi connectivity index (χ3v) is 17.9. The molecule has 0 heterocycles. The number of ether oxygens (including phenoxy) is 2. The Labute approximate surface area is 348 Å². The van der Waals surface area contributed by atoms with Crippen molar-refractivity contribution in [1.29, 1.82) is 0 Å². The molecule has 0 N–H and O–H groups in total. The molecule has 0 aliphatic heterocycles. The Kier molecular flexibility index (Phi) is 11.2. The van der Waals surface area contributed by atoms with Crippen LogP contribution >= 0.6 is 15.8 Å². The predicted molar refractivity (Wildman–Crippen MR) is 250 cm³/mol. The molecule has 0 aromatic heterocycles. The highest BCUT2D eigenvalue weighted by Gasteiger charge is 2.37. The number of fused-ring (bicyclic) bond motifs is 4. The number of rotatable bonds is 8. The quantitative estimate of drug-likeness (QED) is 0.143. The van der Waals surface area contributed by atoms with Gasteiger partial charge in [-0.1, -0.05) is 171 Å². The minimum absolute atomic E-state index is 0.196. The largest absolute Gasteiger partial charge is 0.376 e. The molecule has 4 unspecified atom stereocenters. The van der Waals surface area contributed by atoms with Crippen molar-refractivity contribution in [1.82, 2.24) is 0 Å². The standard InChI is InChI=1S/C28H31O2P.C26H23P/c1-18-16-23-21(27(18)29-3)12-8-14-25(23)31(20-10-6-5-7-11-20)26-15-9-13-22-24(26)17-19(2)28(22)30-4;1-18-14-20-8-6-12-25(23(20)16-18)27(22-10-4-3-5-11-22)26-13-7-9-21-15-19(2)17-24(21)26/h5-15,18-19,27-28H,16-17H2,1-4H3;3-15H,16-17H2,1-2H3. The molecule has 58 heavy (non-hydrogen) atoms. The fourth-order valence-corrected chi connectivity index (χ4v) is 15.6. The van der Waals surface area contributed by atoms with Gasteiger partial charge in [-0.15, -0.1) is 0 Å². The number of methoxy groups -OCH3 is 2. The second-order valence-electron chi connectivity index (χ2n) is 16.7. The van der Waals surface area contributed by atoms with Crippen molar-refractivity contribution in [3.05, 3.63) is 189 Å². The summed E-state index contributed by atoms with van der Waals surface area (Å²) in [6.07, 6.45) is 9.46. The molecule has 4 aliphatic carbocycles. The summed E-state index contributed by atoms with van der Waals surface area (Å²) in [7, 11) is 2.49. The zero-order valence-electron chi connectivity index (χ0n) is 34.7. The summed E-state index contributed by atoms with van der Waals surface area (Å²) in [6.45, 7) is 9.13. The third-order valence-electron chi connectivity index (χ3n) is 12.7. The summed E-state index contributed by atoms with van der Waals surface area (Å²) in [5.74, 6) is 1.02. The Morgan fingerprint density at radius 2 is 0.793 bits per heavy atom. The Morgan fingerprint density at radius 1 is 0.431 bits per heavy atom. The van der Waals surface area contributed by atoms with E-state index in [-0.39, 0.29) is 12.2 Å². The molecule has 0 fully saturated rings. The van der Waals surface area contributed by atoms with Crippen molar-refractivity contribution in [2.24, 2.45) is 11.8 Å². The van der Waals surface area contributed by atoms with Gasteiger partial charge in [0.15, 0.2) is 0 Å². The summed E-state index contributed by atoms with van der Waals surface area (Å²) in [6, 6.07) is 49.7. The summed E-state index contributed by atoms with van der Waals surface area (Å²) in [5, 5.41) is 8.91. The van der Waals surface area contributed by atoms with Gasteiger partial charge in [0.2, 0.25) is 0 Å². The first-order valence-electron chi connectivity index (χ1n) is 20.9. The van der Waals surface area contributed by atoms with Crippen molar-refractivity contribution in [3.63, 3.8) is 0 Å². The summed E-state index contributed by atoms with van der Waals surface area (Å²) < 4.78 is 11.8. The lowest BCUT2D eigenvalue weighted by Gasteiger charge is -2.25. The summed E-state index contributed by atoms with van der Waals surface area (Å²) >= 11 is 0. The molecule has 292 valence electrons. The van der Waals surface area contributed by atoms with Crippen LogP contribution in [0.4, 0.5) is 0 Å². The van der Waals surface area contributed by atoms with Crippen molar-refractivity contribution in [2.75, 3.05) is 14.2 Å². The second kappa shape index (κ2) is 16.7. The van der Waals surface area contributed by atoms with Gasteiger partial charge in [-0.3, -0.25) is 0 Å². The highest BCUT2D eigenvalue weighted by Crippen LogP contribution is 2.47. The Morgan fingerprint density at radius 3 is 1.17 bits per heavy atom. The zero-order chi connectivity index (χ0) is 39.9. The molecule has 0 saturated heterocycles. The average Bonchev–Trinajstić information content (AvgIpc) is 4.00. The van der Waals surface area contributed by atoms with Crippen LogP contribution in [0.2, 0.25) is 0 Å². The van der Waals surface area contributed by atoms with Crippen LogP contribution in [0.1, 0.15) is 84.4 Å². The number of hydrogen-bond acceptors (Lipinski definition) is 2. The van der Waals surface area contributed by atoms with Crippen molar-refractivity contribution in [2.45, 2.75) is 65.6 Å². The number of allylic oxidation sites excluding steroid dienone is 2. The van der Waals surface area contributed by atoms with Crippen LogP contribution in [0.25, 0.3) is 12.2 Å². The molecule has 0 spiro atoms. The molecule has 0 saturated carbocycles. The highest BCUT2D eigenvalue weighted by molar-refractivity contribution is 7.80. The van der Waals surface area contributed by atoms with Gasteiger partial charge in [-0.25, -0.2) is 0 Å². The predicted octanol–water partition coefficient (Wildman–Crippen LogP) is 10.6. The van der Waals surface area contributed by atoms with E-state index in [1.807, 2.05) is 14.2 Å². The van der Waals surface area contributed by atoms with Gasteiger partial charge in [0.1, 0.15) is 0 Å². The molecular weight excluding hydrogens is 743 g/mol. The van der Waals surface area contributed by atoms with Gasteiger partial charge in [0.05, 0.1) is 12.2 Å². The van der Waals surface area contributed by atoms with Gasteiger partial charge >= 0.3 is 0 Å². The van der Waals surface area contributed by atoms with E-state index in [2.05, 4.69) is 173 Å². The molecule has 4 heteroatoms. The topological polar surface area (TPSA) is 18.5 Å². The molecule has 0 bridgehead atoms. The van der Waals surface area contributed by atoms with Crippen molar-refractivity contribution >= 4 is 59.8 Å². The van der Waals surface area contributed by atoms with Crippen molar-refractivity contribution in [3.8, 4) is 0 Å². The van der Waals surface area contributed by atoms with E-state index in [4.69, 9.17) is 9.47 Å². The normalized spacial score (nSPS) is 20.4. The maximum absolute atomic E-state index is 5.90. The Hall–Kier alpha value is -4.42. The monoisotopic (exact) mass is 796 g/mol. The van der Waals surface area contributed by atoms with E-state index >= 15 is 0 Å². The molecular formula is C54H54O2P2. The zero-order valence-corrected chi connectivity index (χ0v) is 36.5. The first kappa shape index (κ1) is 39.1. The van der Waals surface area contributed by atoms with Crippen LogP contribution in [0.15, 0.2) is 145 Å². The van der Waals surface area contributed by atoms with Crippen LogP contribution in [-0.2, 0) is 35.2 Å². The van der Waals surface area contributed by atoms with Crippen LogP contribution in [0, 0.1) is 11.8 Å². The van der Waals surface area contributed by atoms with Gasteiger partial charge < -0.3 is 9.47 Å². The number of hydrogen-bond donors (Lipinski definition) is 0. The van der Waals surface area contributed by atoms with E-state index in [0.29, 0.717) is 11.8 Å². The van der Waals surface area contributed by atoms with Crippen molar-refractivity contribution < 1.29 is 9.47 Å². The van der Waals surface area contributed by atoms with Crippen LogP contribution in [0.3, 0.4) is 0 Å². The average molecular weight is 797 g/mol. The molecule has 0 amide bonds. The fourth-order valence-electron chi connectivity index (χ4n) is 10.2. The van der Waals surface area contributed by atoms with E-state index in [0.717, 1.165) is 25.7 Å². The molecule has 2 nitrogen and oxygen atoms in total. The van der Waals surface area contributed by atoms with Crippen LogP contribution in [0.5, 0.6) is 0 Å². The second-order valence-corrected chi connectivity index (χ2v) is 21.0. The maximum Gasteiger partial charge on any atom is 0.0852 e. The van der Waals surface area contributed by atoms with Gasteiger partial charge in [-0.2, -0.15) is 0 Å². The lowest BCUT2D eigenvalue weighted by atomic mass is 10.1. The van der Waals surface area contributed by atoms with E-state index in [1.54, 1.807) is 0 Å². The van der Waals surface area contributed by atoms with Crippen LogP contribution in [-0.4, -0.2) is 14.2 Å². The molecule has 0 radical (unpaired) electrons. The minimum Gasteiger partial charge on any atom is -0.376 e. The van der Waals surface area contributed by atoms with E-state index in [1.165, 1.54) is 87.5 Å². The molecule has 4 atom stereocenters. The molecule has 4 aliphatic rings. The smallest absolute Gasteiger partial charge is 0.0852 e. The minimum atomic E-state index is -0.649. The van der Waals surface area contributed by atoms with Gasteiger partial charge in [0.25, 0.3) is 0 Å². The SMILES string of the molecule is CC1=Cc2cccc(P(c3ccccc3)c3cccc4c3CC(C)=C4)c2C1.COC1c2cccc(P(c3ccccc3)c3cccc4c3CC(C)C4OC)c2CC1C. The lowest BCUT2D eigenvalue weighted by molar-refractivity contribution is 0.0695. The first-order chi connectivity index (χ1) is 28.3. The Balaban J connectivity index is 0.000000152. The third kappa shape index (κ3) is 7.18.